The maximum absolute atomic E-state index is 11.5. The molecule has 1 heterocycles. The van der Waals surface area contributed by atoms with Crippen LogP contribution < -0.4 is 0 Å². The van der Waals surface area contributed by atoms with Crippen molar-refractivity contribution in [2.45, 2.75) is 25.6 Å². The molecular weight excluding hydrogens is 228 g/mol. The predicted molar refractivity (Wildman–Crippen MR) is 60.2 cm³/mol. The van der Waals surface area contributed by atoms with Crippen LogP contribution >= 0.6 is 11.6 Å². The van der Waals surface area contributed by atoms with E-state index in [2.05, 4.69) is 0 Å². The summed E-state index contributed by atoms with van der Waals surface area (Å²) in [6.07, 6.45) is 1.67. The minimum absolute atomic E-state index is 0.255. The Morgan fingerprint density at radius 3 is 2.81 bits per heavy atom. The third kappa shape index (κ3) is 3.22. The first-order chi connectivity index (χ1) is 7.74. The summed E-state index contributed by atoms with van der Waals surface area (Å²) in [5.74, 6) is -0.255. The molecule has 1 unspecified atom stereocenters. The van der Waals surface area contributed by atoms with Crippen molar-refractivity contribution < 1.29 is 14.3 Å². The fourth-order valence-corrected chi connectivity index (χ4v) is 1.72. The molecule has 2 rings (SSSR count). The number of halogens is 1. The van der Waals surface area contributed by atoms with Gasteiger partial charge in [-0.3, -0.25) is 4.79 Å². The molecule has 86 valence electrons. The average molecular weight is 241 g/mol. The summed E-state index contributed by atoms with van der Waals surface area (Å²) < 4.78 is 10.4. The van der Waals surface area contributed by atoms with E-state index >= 15 is 0 Å². The molecule has 16 heavy (non-hydrogen) atoms. The van der Waals surface area contributed by atoms with E-state index in [1.54, 1.807) is 12.1 Å². The molecular formula is C12H13ClO3. The molecule has 1 saturated heterocycles. The molecule has 1 aliphatic rings. The number of esters is 1. The standard InChI is InChI=1S/C12H13ClO3/c13-10-5-3-9(4-6-10)8-11(14)16-12-2-1-7-15-12/h3-6,12H,1-2,7-8H2. The zero-order valence-corrected chi connectivity index (χ0v) is 9.57. The molecule has 0 saturated carbocycles. The highest BCUT2D eigenvalue weighted by atomic mass is 35.5. The average Bonchev–Trinajstić information content (AvgIpc) is 2.74. The summed E-state index contributed by atoms with van der Waals surface area (Å²) in [6, 6.07) is 7.16. The smallest absolute Gasteiger partial charge is 0.312 e. The van der Waals surface area contributed by atoms with E-state index in [0.29, 0.717) is 11.6 Å². The van der Waals surface area contributed by atoms with Crippen molar-refractivity contribution in [2.24, 2.45) is 0 Å². The van der Waals surface area contributed by atoms with E-state index in [1.165, 1.54) is 0 Å². The van der Waals surface area contributed by atoms with Crippen molar-refractivity contribution >= 4 is 17.6 Å². The maximum atomic E-state index is 11.5. The van der Waals surface area contributed by atoms with Crippen LogP contribution in [0.2, 0.25) is 5.02 Å². The highest BCUT2D eigenvalue weighted by Crippen LogP contribution is 2.15. The van der Waals surface area contributed by atoms with Crippen LogP contribution in [0, 0.1) is 0 Å². The molecule has 0 aliphatic carbocycles. The minimum atomic E-state index is -0.347. The van der Waals surface area contributed by atoms with Crippen LogP contribution in [0.1, 0.15) is 18.4 Å². The van der Waals surface area contributed by atoms with Crippen LogP contribution in [0.25, 0.3) is 0 Å². The van der Waals surface area contributed by atoms with E-state index in [1.807, 2.05) is 12.1 Å². The van der Waals surface area contributed by atoms with Gasteiger partial charge >= 0.3 is 5.97 Å². The van der Waals surface area contributed by atoms with Gasteiger partial charge in [-0.2, -0.15) is 0 Å². The molecule has 0 bridgehead atoms. The van der Waals surface area contributed by atoms with Gasteiger partial charge in [0, 0.05) is 11.4 Å². The third-order valence-electron chi connectivity index (χ3n) is 2.41. The summed E-state index contributed by atoms with van der Waals surface area (Å²) in [5, 5.41) is 0.663. The lowest BCUT2D eigenvalue weighted by atomic mass is 10.1. The van der Waals surface area contributed by atoms with Crippen molar-refractivity contribution in [3.05, 3.63) is 34.9 Å². The van der Waals surface area contributed by atoms with Crippen LogP contribution in [-0.4, -0.2) is 18.9 Å². The topological polar surface area (TPSA) is 35.5 Å². The molecule has 0 amide bonds. The van der Waals surface area contributed by atoms with Crippen molar-refractivity contribution in [2.75, 3.05) is 6.61 Å². The van der Waals surface area contributed by atoms with E-state index in [0.717, 1.165) is 18.4 Å². The number of carbonyl (C=O) groups excluding carboxylic acids is 1. The fourth-order valence-electron chi connectivity index (χ4n) is 1.60. The molecule has 0 aromatic heterocycles. The number of carbonyl (C=O) groups is 1. The van der Waals surface area contributed by atoms with Crippen LogP contribution in [0.4, 0.5) is 0 Å². The molecule has 0 N–H and O–H groups in total. The van der Waals surface area contributed by atoms with Gasteiger partial charge in [0.05, 0.1) is 13.0 Å². The minimum Gasteiger partial charge on any atom is -0.435 e. The predicted octanol–water partition coefficient (Wildman–Crippen LogP) is 2.56. The second-order valence-electron chi connectivity index (χ2n) is 3.74. The maximum Gasteiger partial charge on any atom is 0.312 e. The molecule has 3 nitrogen and oxygen atoms in total. The van der Waals surface area contributed by atoms with Gasteiger partial charge in [-0.05, 0) is 24.1 Å². The Bertz CT molecular complexity index is 355. The Balaban J connectivity index is 1.84. The van der Waals surface area contributed by atoms with Crippen molar-refractivity contribution in [3.63, 3.8) is 0 Å². The first kappa shape index (κ1) is 11.4. The van der Waals surface area contributed by atoms with E-state index < -0.39 is 0 Å². The summed E-state index contributed by atoms with van der Waals surface area (Å²) in [7, 11) is 0. The van der Waals surface area contributed by atoms with Crippen LogP contribution in [0.3, 0.4) is 0 Å². The van der Waals surface area contributed by atoms with Crippen molar-refractivity contribution in [1.82, 2.24) is 0 Å². The number of hydrogen-bond donors (Lipinski definition) is 0. The molecule has 0 radical (unpaired) electrons. The van der Waals surface area contributed by atoms with E-state index in [4.69, 9.17) is 21.1 Å². The Morgan fingerprint density at radius 2 is 2.19 bits per heavy atom. The highest BCUT2D eigenvalue weighted by molar-refractivity contribution is 6.30. The normalized spacial score (nSPS) is 19.7. The first-order valence-corrected chi connectivity index (χ1v) is 5.67. The van der Waals surface area contributed by atoms with Crippen LogP contribution in [0.5, 0.6) is 0 Å². The van der Waals surface area contributed by atoms with E-state index in [9.17, 15) is 4.79 Å². The largest absolute Gasteiger partial charge is 0.435 e. The van der Waals surface area contributed by atoms with Gasteiger partial charge in [-0.15, -0.1) is 0 Å². The number of rotatable bonds is 3. The van der Waals surface area contributed by atoms with Crippen molar-refractivity contribution in [1.29, 1.82) is 0 Å². The molecule has 0 spiro atoms. The van der Waals surface area contributed by atoms with E-state index in [-0.39, 0.29) is 18.7 Å². The molecule has 1 atom stereocenters. The lowest BCUT2D eigenvalue weighted by molar-refractivity contribution is -0.168. The van der Waals surface area contributed by atoms with Gasteiger partial charge in [0.25, 0.3) is 0 Å². The molecule has 1 aromatic rings. The molecule has 1 fully saturated rings. The highest BCUT2D eigenvalue weighted by Gasteiger charge is 2.19. The lowest BCUT2D eigenvalue weighted by Gasteiger charge is -2.10. The Kier molecular flexibility index (Phi) is 3.80. The number of benzene rings is 1. The number of ether oxygens (including phenoxy) is 2. The fraction of sp³-hybridized carbons (Fsp3) is 0.417. The summed E-state index contributed by atoms with van der Waals surface area (Å²) in [4.78, 5) is 11.5. The van der Waals surface area contributed by atoms with Crippen molar-refractivity contribution in [3.8, 4) is 0 Å². The van der Waals surface area contributed by atoms with Gasteiger partial charge < -0.3 is 9.47 Å². The molecule has 4 heteroatoms. The van der Waals surface area contributed by atoms with Crippen LogP contribution in [0.15, 0.2) is 24.3 Å². The second kappa shape index (κ2) is 5.32. The third-order valence-corrected chi connectivity index (χ3v) is 2.66. The van der Waals surface area contributed by atoms with Gasteiger partial charge in [-0.1, -0.05) is 23.7 Å². The summed E-state index contributed by atoms with van der Waals surface area (Å²) in [6.45, 7) is 0.679. The van der Waals surface area contributed by atoms with Gasteiger partial charge in [-0.25, -0.2) is 0 Å². The summed E-state index contributed by atoms with van der Waals surface area (Å²) >= 11 is 5.75. The lowest BCUT2D eigenvalue weighted by Crippen LogP contribution is -2.18. The Morgan fingerprint density at radius 1 is 1.44 bits per heavy atom. The van der Waals surface area contributed by atoms with Crippen LogP contribution in [-0.2, 0) is 20.7 Å². The van der Waals surface area contributed by atoms with Gasteiger partial charge in [0.15, 0.2) is 0 Å². The first-order valence-electron chi connectivity index (χ1n) is 5.29. The quantitative estimate of drug-likeness (QED) is 0.762. The molecule has 1 aliphatic heterocycles. The Labute approximate surface area is 99.3 Å². The van der Waals surface area contributed by atoms with Gasteiger partial charge in [0.2, 0.25) is 6.29 Å². The zero-order chi connectivity index (χ0) is 11.4. The SMILES string of the molecule is O=C(Cc1ccc(Cl)cc1)OC1CCCO1. The zero-order valence-electron chi connectivity index (χ0n) is 8.82. The van der Waals surface area contributed by atoms with Gasteiger partial charge in [0.1, 0.15) is 0 Å². The monoisotopic (exact) mass is 240 g/mol. The number of hydrogen-bond acceptors (Lipinski definition) is 3. The second-order valence-corrected chi connectivity index (χ2v) is 4.17. The Hall–Kier alpha value is -1.06. The summed E-state index contributed by atoms with van der Waals surface area (Å²) in [5.41, 5.74) is 0.896. The molecule has 1 aromatic carbocycles.